The quantitative estimate of drug-likeness (QED) is 0.673. The van der Waals surface area contributed by atoms with E-state index in [1.54, 1.807) is 12.1 Å². The maximum Gasteiger partial charge on any atom is 0.278 e. The molecule has 0 bridgehead atoms. The summed E-state index contributed by atoms with van der Waals surface area (Å²) in [4.78, 5) is 0. The Morgan fingerprint density at radius 1 is 1.36 bits per heavy atom. The van der Waals surface area contributed by atoms with E-state index >= 15 is 0 Å². The van der Waals surface area contributed by atoms with Crippen molar-refractivity contribution in [3.05, 3.63) is 23.8 Å². The van der Waals surface area contributed by atoms with E-state index in [0.717, 1.165) is 0 Å². The predicted molar refractivity (Wildman–Crippen MR) is 49.7 cm³/mol. The van der Waals surface area contributed by atoms with E-state index in [1.165, 1.54) is 6.07 Å². The fourth-order valence-corrected chi connectivity index (χ4v) is 1.73. The maximum absolute atomic E-state index is 13.5. The number of benzene rings is 1. The van der Waals surface area contributed by atoms with Crippen LogP contribution in [0.1, 0.15) is 18.4 Å². The molecule has 0 radical (unpaired) electrons. The summed E-state index contributed by atoms with van der Waals surface area (Å²) in [6.45, 7) is 0.520. The molecule has 0 fully saturated rings. The minimum Gasteiger partial charge on any atom is -0.507 e. The number of nitrogens with one attached hydrogen (secondary N) is 1. The van der Waals surface area contributed by atoms with Gasteiger partial charge in [-0.05, 0) is 18.6 Å². The standard InChI is InChI=1S/C10H11F2NO/c11-10(12)5-2-6-13-7-3-1-4-8(14)9(7)10/h1,3-4,13-14H,2,5-6H2. The number of phenolic OH excluding ortho intramolecular Hbond substituents is 1. The summed E-state index contributed by atoms with van der Waals surface area (Å²) in [6, 6.07) is 4.41. The van der Waals surface area contributed by atoms with Crippen molar-refractivity contribution in [1.29, 1.82) is 0 Å². The average Bonchev–Trinajstić information content (AvgIpc) is 2.25. The van der Waals surface area contributed by atoms with Gasteiger partial charge in [0.25, 0.3) is 5.92 Å². The van der Waals surface area contributed by atoms with Crippen LogP contribution in [0.15, 0.2) is 18.2 Å². The number of hydrogen-bond acceptors (Lipinski definition) is 2. The summed E-state index contributed by atoms with van der Waals surface area (Å²) < 4.78 is 27.0. The van der Waals surface area contributed by atoms with E-state index in [9.17, 15) is 13.9 Å². The minimum atomic E-state index is -2.93. The SMILES string of the molecule is Oc1cccc2c1C(F)(F)CCCN2. The molecule has 0 amide bonds. The average molecular weight is 199 g/mol. The Morgan fingerprint density at radius 3 is 2.93 bits per heavy atom. The summed E-state index contributed by atoms with van der Waals surface area (Å²) in [5.41, 5.74) is 0.0741. The lowest BCUT2D eigenvalue weighted by Crippen LogP contribution is -2.12. The molecule has 1 aliphatic rings. The van der Waals surface area contributed by atoms with Crippen LogP contribution in [-0.2, 0) is 5.92 Å². The first-order valence-corrected chi connectivity index (χ1v) is 4.55. The zero-order chi connectivity index (χ0) is 10.2. The Bertz CT molecular complexity index is 352. The summed E-state index contributed by atoms with van der Waals surface area (Å²) in [5.74, 6) is -3.26. The lowest BCUT2D eigenvalue weighted by Gasteiger charge is -2.17. The first-order chi connectivity index (χ1) is 6.61. The van der Waals surface area contributed by atoms with E-state index in [-0.39, 0.29) is 17.7 Å². The van der Waals surface area contributed by atoms with Gasteiger partial charge in [-0.25, -0.2) is 8.78 Å². The normalized spacial score (nSPS) is 19.3. The van der Waals surface area contributed by atoms with Gasteiger partial charge in [0.2, 0.25) is 0 Å². The molecule has 1 aromatic carbocycles. The van der Waals surface area contributed by atoms with Gasteiger partial charge in [0, 0.05) is 18.7 Å². The monoisotopic (exact) mass is 199 g/mol. The van der Waals surface area contributed by atoms with Crippen molar-refractivity contribution in [2.45, 2.75) is 18.8 Å². The van der Waals surface area contributed by atoms with E-state index in [0.29, 0.717) is 18.7 Å². The number of halogens is 2. The smallest absolute Gasteiger partial charge is 0.278 e. The third kappa shape index (κ3) is 1.41. The number of fused-ring (bicyclic) bond motifs is 1. The van der Waals surface area contributed by atoms with Crippen molar-refractivity contribution in [2.75, 3.05) is 11.9 Å². The highest BCUT2D eigenvalue weighted by Gasteiger charge is 2.37. The van der Waals surface area contributed by atoms with Gasteiger partial charge in [0.1, 0.15) is 5.75 Å². The summed E-state index contributed by atoms with van der Waals surface area (Å²) in [6.07, 6.45) is 0.186. The number of alkyl halides is 2. The highest BCUT2D eigenvalue weighted by Crippen LogP contribution is 2.43. The highest BCUT2D eigenvalue weighted by molar-refractivity contribution is 5.59. The molecule has 0 aliphatic carbocycles. The number of rotatable bonds is 0. The second-order valence-electron chi connectivity index (χ2n) is 3.43. The first-order valence-electron chi connectivity index (χ1n) is 4.55. The van der Waals surface area contributed by atoms with Gasteiger partial charge >= 0.3 is 0 Å². The molecule has 1 aromatic rings. The van der Waals surface area contributed by atoms with Gasteiger partial charge in [-0.15, -0.1) is 0 Å². The molecule has 14 heavy (non-hydrogen) atoms. The Morgan fingerprint density at radius 2 is 2.14 bits per heavy atom. The topological polar surface area (TPSA) is 32.3 Å². The Labute approximate surface area is 80.6 Å². The molecule has 0 unspecified atom stereocenters. The first kappa shape index (κ1) is 9.24. The molecule has 2 rings (SSSR count). The third-order valence-electron chi connectivity index (χ3n) is 2.39. The zero-order valence-electron chi connectivity index (χ0n) is 7.56. The molecule has 0 saturated heterocycles. The second kappa shape index (κ2) is 3.12. The van der Waals surface area contributed by atoms with Crippen LogP contribution in [0.25, 0.3) is 0 Å². The number of hydrogen-bond donors (Lipinski definition) is 2. The van der Waals surface area contributed by atoms with Gasteiger partial charge in [-0.2, -0.15) is 0 Å². The van der Waals surface area contributed by atoms with Crippen molar-refractivity contribution >= 4 is 5.69 Å². The predicted octanol–water partition coefficient (Wildman–Crippen LogP) is 2.69. The van der Waals surface area contributed by atoms with Crippen LogP contribution >= 0.6 is 0 Å². The molecule has 0 atom stereocenters. The molecule has 1 aliphatic heterocycles. The van der Waals surface area contributed by atoms with Crippen molar-refractivity contribution in [3.8, 4) is 5.75 Å². The van der Waals surface area contributed by atoms with Crippen LogP contribution < -0.4 is 5.32 Å². The Balaban J connectivity index is 2.58. The van der Waals surface area contributed by atoms with Gasteiger partial charge in [-0.3, -0.25) is 0 Å². The fourth-order valence-electron chi connectivity index (χ4n) is 1.73. The van der Waals surface area contributed by atoms with E-state index in [4.69, 9.17) is 0 Å². The van der Waals surface area contributed by atoms with E-state index in [2.05, 4.69) is 5.32 Å². The van der Waals surface area contributed by atoms with Gasteiger partial charge in [0.15, 0.2) is 0 Å². The Hall–Kier alpha value is -1.32. The van der Waals surface area contributed by atoms with Crippen LogP contribution in [0.5, 0.6) is 5.75 Å². The fraction of sp³-hybridized carbons (Fsp3) is 0.400. The Kier molecular flexibility index (Phi) is 2.06. The lowest BCUT2D eigenvalue weighted by atomic mass is 10.0. The van der Waals surface area contributed by atoms with Gasteiger partial charge in [-0.1, -0.05) is 6.07 Å². The maximum atomic E-state index is 13.5. The molecule has 1 heterocycles. The van der Waals surface area contributed by atoms with Crippen LogP contribution in [0.3, 0.4) is 0 Å². The zero-order valence-corrected chi connectivity index (χ0v) is 7.56. The van der Waals surface area contributed by atoms with Gasteiger partial charge < -0.3 is 10.4 Å². The summed E-state index contributed by atoms with van der Waals surface area (Å²) in [5, 5.41) is 12.3. The van der Waals surface area contributed by atoms with Gasteiger partial charge in [0.05, 0.1) is 5.56 Å². The largest absolute Gasteiger partial charge is 0.507 e. The highest BCUT2D eigenvalue weighted by atomic mass is 19.3. The summed E-state index contributed by atoms with van der Waals surface area (Å²) in [7, 11) is 0. The minimum absolute atomic E-state index is 0.218. The molecule has 2 nitrogen and oxygen atoms in total. The van der Waals surface area contributed by atoms with Crippen molar-refractivity contribution in [3.63, 3.8) is 0 Å². The molecular formula is C10H11F2NO. The molecule has 0 aromatic heterocycles. The summed E-state index contributed by atoms with van der Waals surface area (Å²) >= 11 is 0. The van der Waals surface area contributed by atoms with Crippen molar-refractivity contribution in [2.24, 2.45) is 0 Å². The molecule has 4 heteroatoms. The van der Waals surface area contributed by atoms with Crippen LogP contribution in [0.2, 0.25) is 0 Å². The van der Waals surface area contributed by atoms with Crippen LogP contribution in [0, 0.1) is 0 Å². The molecule has 0 spiro atoms. The van der Waals surface area contributed by atoms with E-state index in [1.807, 2.05) is 0 Å². The lowest BCUT2D eigenvalue weighted by molar-refractivity contribution is -0.0140. The number of phenols is 1. The van der Waals surface area contributed by atoms with Crippen molar-refractivity contribution < 1.29 is 13.9 Å². The molecule has 0 saturated carbocycles. The molecule has 76 valence electrons. The number of anilines is 1. The number of aromatic hydroxyl groups is 1. The van der Waals surface area contributed by atoms with Crippen LogP contribution in [-0.4, -0.2) is 11.7 Å². The third-order valence-corrected chi connectivity index (χ3v) is 2.39. The van der Waals surface area contributed by atoms with E-state index < -0.39 is 5.92 Å². The van der Waals surface area contributed by atoms with Crippen molar-refractivity contribution in [1.82, 2.24) is 0 Å². The molecule has 2 N–H and O–H groups in total. The second-order valence-corrected chi connectivity index (χ2v) is 3.43. The molecular weight excluding hydrogens is 188 g/mol. The van der Waals surface area contributed by atoms with Crippen LogP contribution in [0.4, 0.5) is 14.5 Å².